The van der Waals surface area contributed by atoms with Crippen LogP contribution in [0.1, 0.15) is 32.6 Å². The number of hydrogen-bond acceptors (Lipinski definition) is 3. The van der Waals surface area contributed by atoms with Crippen LogP contribution in [0.25, 0.3) is 0 Å². The van der Waals surface area contributed by atoms with Crippen molar-refractivity contribution in [3.05, 3.63) is 12.2 Å². The minimum absolute atomic E-state index is 0.0206. The summed E-state index contributed by atoms with van der Waals surface area (Å²) < 4.78 is 0. The van der Waals surface area contributed by atoms with Gasteiger partial charge in [0.15, 0.2) is 5.78 Å². The Kier molecular flexibility index (Phi) is 6.45. The van der Waals surface area contributed by atoms with E-state index >= 15 is 0 Å². The number of ketones is 1. The Bertz CT molecular complexity index is 178. The van der Waals surface area contributed by atoms with Gasteiger partial charge in [-0.3, -0.25) is 4.79 Å². The summed E-state index contributed by atoms with van der Waals surface area (Å²) in [6.45, 7) is 5.98. The average molecular weight is 184 g/mol. The summed E-state index contributed by atoms with van der Waals surface area (Å²) in [6, 6.07) is -0.365. The highest BCUT2D eigenvalue weighted by Crippen LogP contribution is 2.05. The lowest BCUT2D eigenvalue weighted by Gasteiger charge is -2.09. The molecule has 3 heteroatoms. The van der Waals surface area contributed by atoms with Gasteiger partial charge in [-0.25, -0.2) is 0 Å². The molecule has 0 aromatic heterocycles. The number of hydrogen-bond donors (Lipinski definition) is 2. The molecule has 3 nitrogen and oxygen atoms in total. The van der Waals surface area contributed by atoms with Crippen molar-refractivity contribution in [2.24, 2.45) is 11.5 Å². The number of Topliss-reactive ketones (excluding diaryl/α,β-unsaturated/α-hetero) is 1. The molecule has 1 atom stereocenters. The van der Waals surface area contributed by atoms with Gasteiger partial charge in [0.1, 0.15) is 0 Å². The van der Waals surface area contributed by atoms with E-state index in [-0.39, 0.29) is 11.8 Å². The molecule has 0 aromatic carbocycles. The Balaban J connectivity index is 3.56. The Morgan fingerprint density at radius 1 is 1.38 bits per heavy atom. The van der Waals surface area contributed by atoms with Gasteiger partial charge >= 0.3 is 0 Å². The van der Waals surface area contributed by atoms with Crippen LogP contribution < -0.4 is 11.5 Å². The summed E-state index contributed by atoms with van der Waals surface area (Å²) in [4.78, 5) is 11.3. The van der Waals surface area contributed by atoms with Crippen molar-refractivity contribution in [1.29, 1.82) is 0 Å². The summed E-state index contributed by atoms with van der Waals surface area (Å²) in [5.74, 6) is -0.0206. The maximum absolute atomic E-state index is 11.3. The first-order valence-electron chi connectivity index (χ1n) is 4.75. The number of rotatable bonds is 7. The lowest BCUT2D eigenvalue weighted by molar-refractivity contribution is -0.116. The third kappa shape index (κ3) is 5.55. The molecule has 0 spiro atoms. The van der Waals surface area contributed by atoms with Gasteiger partial charge in [-0.2, -0.15) is 0 Å². The quantitative estimate of drug-likeness (QED) is 0.457. The van der Waals surface area contributed by atoms with E-state index in [1.807, 2.05) is 0 Å². The predicted octanol–water partition coefficient (Wildman–Crippen LogP) is 0.978. The Morgan fingerprint density at radius 3 is 2.46 bits per heavy atom. The normalized spacial score (nSPS) is 12.5. The summed E-state index contributed by atoms with van der Waals surface area (Å²) in [5, 5.41) is 0. The standard InChI is InChI=1S/C10H20N2O/c1-8(2)10(13)9(12)6-4-3-5-7-11/h9H,1,3-7,11-12H2,2H3. The fraction of sp³-hybridized carbons (Fsp3) is 0.700. The molecule has 0 heterocycles. The molecule has 0 saturated heterocycles. The van der Waals surface area contributed by atoms with E-state index in [0.29, 0.717) is 12.1 Å². The van der Waals surface area contributed by atoms with Crippen LogP contribution in [0.3, 0.4) is 0 Å². The van der Waals surface area contributed by atoms with Crippen LogP contribution in [0.4, 0.5) is 0 Å². The topological polar surface area (TPSA) is 69.1 Å². The zero-order valence-corrected chi connectivity index (χ0v) is 8.38. The summed E-state index contributed by atoms with van der Waals surface area (Å²) in [5.41, 5.74) is 11.5. The molecule has 0 saturated carbocycles. The van der Waals surface area contributed by atoms with E-state index in [9.17, 15) is 4.79 Å². The molecule has 13 heavy (non-hydrogen) atoms. The molecule has 0 aliphatic rings. The Morgan fingerprint density at radius 2 is 2.00 bits per heavy atom. The van der Waals surface area contributed by atoms with Gasteiger partial charge in [-0.15, -0.1) is 0 Å². The molecule has 0 rings (SSSR count). The highest BCUT2D eigenvalue weighted by Gasteiger charge is 2.12. The van der Waals surface area contributed by atoms with Crippen molar-refractivity contribution in [3.8, 4) is 0 Å². The van der Waals surface area contributed by atoms with Crippen molar-refractivity contribution in [3.63, 3.8) is 0 Å². The predicted molar refractivity (Wildman–Crippen MR) is 55.3 cm³/mol. The molecule has 76 valence electrons. The molecule has 0 amide bonds. The van der Waals surface area contributed by atoms with Gasteiger partial charge in [0.25, 0.3) is 0 Å². The van der Waals surface area contributed by atoms with E-state index < -0.39 is 0 Å². The van der Waals surface area contributed by atoms with Gasteiger partial charge in [0, 0.05) is 0 Å². The van der Waals surface area contributed by atoms with Gasteiger partial charge in [0.05, 0.1) is 6.04 Å². The molecule has 1 unspecified atom stereocenters. The number of nitrogens with two attached hydrogens (primary N) is 2. The van der Waals surface area contributed by atoms with E-state index in [1.165, 1.54) is 0 Å². The third-order valence-electron chi connectivity index (χ3n) is 1.98. The summed E-state index contributed by atoms with van der Waals surface area (Å²) in [7, 11) is 0. The molecule has 0 aliphatic carbocycles. The zero-order valence-electron chi connectivity index (χ0n) is 8.38. The van der Waals surface area contributed by atoms with E-state index in [1.54, 1.807) is 6.92 Å². The van der Waals surface area contributed by atoms with Crippen LogP contribution in [-0.2, 0) is 4.79 Å². The van der Waals surface area contributed by atoms with Crippen LogP contribution in [0.15, 0.2) is 12.2 Å². The lowest BCUT2D eigenvalue weighted by Crippen LogP contribution is -2.30. The first-order valence-corrected chi connectivity index (χ1v) is 4.75. The number of carbonyl (C=O) groups excluding carboxylic acids is 1. The van der Waals surface area contributed by atoms with Crippen LogP contribution >= 0.6 is 0 Å². The van der Waals surface area contributed by atoms with Gasteiger partial charge in [-0.05, 0) is 31.9 Å². The van der Waals surface area contributed by atoms with Crippen LogP contribution in [0, 0.1) is 0 Å². The second-order valence-electron chi connectivity index (χ2n) is 3.39. The molecule has 0 bridgehead atoms. The maximum atomic E-state index is 11.3. The molecule has 4 N–H and O–H groups in total. The Labute approximate surface area is 80.2 Å². The fourth-order valence-corrected chi connectivity index (χ4v) is 1.13. The van der Waals surface area contributed by atoms with Crippen molar-refractivity contribution >= 4 is 5.78 Å². The highest BCUT2D eigenvalue weighted by molar-refractivity contribution is 5.98. The van der Waals surface area contributed by atoms with Crippen LogP contribution in [-0.4, -0.2) is 18.4 Å². The van der Waals surface area contributed by atoms with Crippen molar-refractivity contribution < 1.29 is 4.79 Å². The number of carbonyl (C=O) groups is 1. The SMILES string of the molecule is C=C(C)C(=O)C(N)CCCCCN. The second kappa shape index (κ2) is 6.80. The van der Waals surface area contributed by atoms with Gasteiger partial charge in [0.2, 0.25) is 0 Å². The summed E-state index contributed by atoms with van der Waals surface area (Å²) >= 11 is 0. The van der Waals surface area contributed by atoms with Crippen molar-refractivity contribution in [2.75, 3.05) is 6.54 Å². The molecule has 0 fully saturated rings. The third-order valence-corrected chi connectivity index (χ3v) is 1.98. The largest absolute Gasteiger partial charge is 0.330 e. The highest BCUT2D eigenvalue weighted by atomic mass is 16.1. The zero-order chi connectivity index (χ0) is 10.3. The second-order valence-corrected chi connectivity index (χ2v) is 3.39. The molecule has 0 aromatic rings. The minimum atomic E-state index is -0.365. The van der Waals surface area contributed by atoms with Gasteiger partial charge < -0.3 is 11.5 Å². The van der Waals surface area contributed by atoms with Crippen LogP contribution in [0.2, 0.25) is 0 Å². The van der Waals surface area contributed by atoms with Crippen molar-refractivity contribution in [1.82, 2.24) is 0 Å². The van der Waals surface area contributed by atoms with Crippen LogP contribution in [0.5, 0.6) is 0 Å². The van der Waals surface area contributed by atoms with Crippen molar-refractivity contribution in [2.45, 2.75) is 38.6 Å². The minimum Gasteiger partial charge on any atom is -0.330 e. The maximum Gasteiger partial charge on any atom is 0.174 e. The monoisotopic (exact) mass is 184 g/mol. The molecular formula is C10H20N2O. The van der Waals surface area contributed by atoms with E-state index in [4.69, 9.17) is 11.5 Å². The smallest absolute Gasteiger partial charge is 0.174 e. The molecular weight excluding hydrogens is 164 g/mol. The molecule has 0 aliphatic heterocycles. The average Bonchev–Trinajstić information content (AvgIpc) is 2.10. The number of unbranched alkanes of at least 4 members (excludes halogenated alkanes) is 2. The van der Waals surface area contributed by atoms with E-state index in [0.717, 1.165) is 25.7 Å². The Hall–Kier alpha value is -0.670. The summed E-state index contributed by atoms with van der Waals surface area (Å²) in [6.07, 6.45) is 3.77. The first-order chi connectivity index (χ1) is 6.09. The van der Waals surface area contributed by atoms with E-state index in [2.05, 4.69) is 6.58 Å². The van der Waals surface area contributed by atoms with Gasteiger partial charge in [-0.1, -0.05) is 19.4 Å². The lowest BCUT2D eigenvalue weighted by atomic mass is 10.0. The first kappa shape index (κ1) is 12.3. The fourth-order valence-electron chi connectivity index (χ4n) is 1.13. The molecule has 0 radical (unpaired) electrons.